The maximum Gasteiger partial charge on any atom is 0.291 e. The van der Waals surface area contributed by atoms with Gasteiger partial charge >= 0.3 is 0 Å². The second kappa shape index (κ2) is 6.08. The molecule has 1 N–H and O–H groups in total. The first-order valence-electron chi connectivity index (χ1n) is 7.41. The van der Waals surface area contributed by atoms with E-state index in [-0.39, 0.29) is 24.1 Å². The first kappa shape index (κ1) is 15.0. The molecule has 6 heteroatoms. The lowest BCUT2D eigenvalue weighted by molar-refractivity contribution is -0.122. The lowest BCUT2D eigenvalue weighted by atomic mass is 10.1. The van der Waals surface area contributed by atoms with Crippen LogP contribution in [-0.4, -0.2) is 20.3 Å². The van der Waals surface area contributed by atoms with Crippen LogP contribution in [0.1, 0.15) is 18.5 Å². The number of hydrogen-bond donors (Lipinski definition) is 1. The topological polar surface area (TPSA) is 68.9 Å². The zero-order valence-corrected chi connectivity index (χ0v) is 13.1. The molecule has 0 spiro atoms. The predicted octanol–water partition coefficient (Wildman–Crippen LogP) is 1.61. The van der Waals surface area contributed by atoms with Crippen molar-refractivity contribution in [3.63, 3.8) is 0 Å². The summed E-state index contributed by atoms with van der Waals surface area (Å²) in [4.78, 5) is 24.6. The number of hydrogen-bond acceptors (Lipinski definition) is 3. The van der Waals surface area contributed by atoms with Crippen LogP contribution in [0, 0.1) is 0 Å². The van der Waals surface area contributed by atoms with E-state index in [2.05, 4.69) is 10.4 Å². The van der Waals surface area contributed by atoms with E-state index < -0.39 is 0 Å². The van der Waals surface area contributed by atoms with Crippen molar-refractivity contribution in [1.29, 1.82) is 0 Å². The maximum atomic E-state index is 12.4. The number of nitrogens with one attached hydrogen (secondary N) is 1. The number of carbonyl (C=O) groups excluding carboxylic acids is 1. The molecule has 2 heterocycles. The van der Waals surface area contributed by atoms with E-state index in [1.54, 1.807) is 24.0 Å². The quantitative estimate of drug-likeness (QED) is 0.796. The van der Waals surface area contributed by atoms with Gasteiger partial charge in [0.25, 0.3) is 5.56 Å². The first-order chi connectivity index (χ1) is 11.1. The van der Waals surface area contributed by atoms with E-state index in [0.29, 0.717) is 5.52 Å². The molecule has 2 aromatic heterocycles. The molecule has 1 amide bonds. The molecule has 1 atom stereocenters. The predicted molar refractivity (Wildman–Crippen MR) is 88.0 cm³/mol. The number of nitrogens with zero attached hydrogens (tertiary/aromatic N) is 3. The summed E-state index contributed by atoms with van der Waals surface area (Å²) in [5.74, 6) is -0.246. The van der Waals surface area contributed by atoms with Crippen molar-refractivity contribution in [2.24, 2.45) is 7.05 Å². The molecule has 23 heavy (non-hydrogen) atoms. The Kier molecular flexibility index (Phi) is 3.97. The number of aryl methyl sites for hydroxylation is 1. The van der Waals surface area contributed by atoms with Crippen LogP contribution in [0.3, 0.4) is 0 Å². The standard InChI is InChI=1S/C17H18N4O2/c1-12(13-6-4-3-5-7-13)19-15(22)11-21-17(23)16-14(10-18-21)8-9-20(16)2/h3-10,12H,11H2,1-2H3,(H,19,22)/t12-/m0/s1. The van der Waals surface area contributed by atoms with Crippen LogP contribution in [0.25, 0.3) is 10.9 Å². The van der Waals surface area contributed by atoms with Crippen LogP contribution in [-0.2, 0) is 18.4 Å². The largest absolute Gasteiger partial charge is 0.348 e. The van der Waals surface area contributed by atoms with Gasteiger partial charge in [-0.05, 0) is 18.6 Å². The molecular formula is C17H18N4O2. The van der Waals surface area contributed by atoms with E-state index in [9.17, 15) is 9.59 Å². The summed E-state index contributed by atoms with van der Waals surface area (Å²) in [6.45, 7) is 1.81. The number of aromatic nitrogens is 3. The van der Waals surface area contributed by atoms with Gasteiger partial charge in [-0.15, -0.1) is 0 Å². The average Bonchev–Trinajstić information content (AvgIpc) is 2.93. The summed E-state index contributed by atoms with van der Waals surface area (Å²) in [7, 11) is 1.80. The van der Waals surface area contributed by atoms with E-state index in [0.717, 1.165) is 10.9 Å². The fourth-order valence-electron chi connectivity index (χ4n) is 2.60. The van der Waals surface area contributed by atoms with Gasteiger partial charge in [-0.1, -0.05) is 30.3 Å². The highest BCUT2D eigenvalue weighted by atomic mass is 16.2. The van der Waals surface area contributed by atoms with Gasteiger partial charge in [0, 0.05) is 18.6 Å². The summed E-state index contributed by atoms with van der Waals surface area (Å²) in [5, 5.41) is 7.72. The lowest BCUT2D eigenvalue weighted by Crippen LogP contribution is -2.35. The van der Waals surface area contributed by atoms with Gasteiger partial charge < -0.3 is 9.88 Å². The van der Waals surface area contributed by atoms with Gasteiger partial charge in [0.05, 0.1) is 12.2 Å². The van der Waals surface area contributed by atoms with Crippen molar-refractivity contribution in [3.8, 4) is 0 Å². The summed E-state index contributed by atoms with van der Waals surface area (Å²) >= 11 is 0. The lowest BCUT2D eigenvalue weighted by Gasteiger charge is -2.14. The number of carbonyl (C=O) groups is 1. The van der Waals surface area contributed by atoms with Crippen molar-refractivity contribution in [3.05, 3.63) is 64.7 Å². The summed E-state index contributed by atoms with van der Waals surface area (Å²) in [6.07, 6.45) is 3.40. The fraction of sp³-hybridized carbons (Fsp3) is 0.235. The fourth-order valence-corrected chi connectivity index (χ4v) is 2.60. The van der Waals surface area contributed by atoms with Crippen LogP contribution < -0.4 is 10.9 Å². The molecule has 0 aliphatic heterocycles. The second-order valence-corrected chi connectivity index (χ2v) is 5.54. The summed E-state index contributed by atoms with van der Waals surface area (Å²) in [5.41, 5.74) is 1.29. The SMILES string of the molecule is C[C@H](NC(=O)Cn1ncc2ccn(C)c2c1=O)c1ccccc1. The molecular weight excluding hydrogens is 292 g/mol. The second-order valence-electron chi connectivity index (χ2n) is 5.54. The van der Waals surface area contributed by atoms with Gasteiger partial charge in [-0.25, -0.2) is 4.68 Å². The van der Waals surface area contributed by atoms with Crippen molar-refractivity contribution in [1.82, 2.24) is 19.7 Å². The number of fused-ring (bicyclic) bond motifs is 1. The van der Waals surface area contributed by atoms with Gasteiger partial charge in [0.2, 0.25) is 5.91 Å². The highest BCUT2D eigenvalue weighted by Gasteiger charge is 2.13. The minimum atomic E-state index is -0.266. The molecule has 0 saturated heterocycles. The molecule has 0 radical (unpaired) electrons. The Morgan fingerprint density at radius 1 is 1.26 bits per heavy atom. The molecule has 0 aliphatic rings. The molecule has 1 aromatic carbocycles. The van der Waals surface area contributed by atoms with Crippen LogP contribution >= 0.6 is 0 Å². The maximum absolute atomic E-state index is 12.4. The molecule has 118 valence electrons. The summed E-state index contributed by atoms with van der Waals surface area (Å²) < 4.78 is 2.93. The molecule has 0 bridgehead atoms. The average molecular weight is 310 g/mol. The number of amides is 1. The third-order valence-corrected chi connectivity index (χ3v) is 3.85. The van der Waals surface area contributed by atoms with E-state index >= 15 is 0 Å². The minimum Gasteiger partial charge on any atom is -0.348 e. The highest BCUT2D eigenvalue weighted by Crippen LogP contribution is 2.11. The Morgan fingerprint density at radius 3 is 2.74 bits per heavy atom. The van der Waals surface area contributed by atoms with Crippen LogP contribution in [0.15, 0.2) is 53.6 Å². The molecule has 0 unspecified atom stereocenters. The van der Waals surface area contributed by atoms with Gasteiger partial charge in [-0.2, -0.15) is 5.10 Å². The van der Waals surface area contributed by atoms with Crippen molar-refractivity contribution < 1.29 is 4.79 Å². The van der Waals surface area contributed by atoms with E-state index in [1.165, 1.54) is 4.68 Å². The first-order valence-corrected chi connectivity index (χ1v) is 7.41. The van der Waals surface area contributed by atoms with Gasteiger partial charge in [-0.3, -0.25) is 9.59 Å². The number of benzene rings is 1. The molecule has 6 nitrogen and oxygen atoms in total. The Hall–Kier alpha value is -2.89. The Morgan fingerprint density at radius 2 is 2.00 bits per heavy atom. The van der Waals surface area contributed by atoms with Crippen molar-refractivity contribution >= 4 is 16.8 Å². The monoisotopic (exact) mass is 310 g/mol. The zero-order valence-electron chi connectivity index (χ0n) is 13.1. The number of rotatable bonds is 4. The third-order valence-electron chi connectivity index (χ3n) is 3.85. The van der Waals surface area contributed by atoms with Gasteiger partial charge in [0.1, 0.15) is 12.1 Å². The van der Waals surface area contributed by atoms with Gasteiger partial charge in [0.15, 0.2) is 0 Å². The highest BCUT2D eigenvalue weighted by molar-refractivity contribution is 5.79. The zero-order chi connectivity index (χ0) is 16.4. The van der Waals surface area contributed by atoms with E-state index in [4.69, 9.17) is 0 Å². The Balaban J connectivity index is 1.77. The molecule has 0 fully saturated rings. The normalized spacial score (nSPS) is 12.3. The summed E-state index contributed by atoms with van der Waals surface area (Å²) in [6, 6.07) is 11.4. The van der Waals surface area contributed by atoms with E-state index in [1.807, 2.05) is 43.3 Å². The minimum absolute atomic E-state index is 0.100. The van der Waals surface area contributed by atoms with Crippen molar-refractivity contribution in [2.75, 3.05) is 0 Å². The van der Waals surface area contributed by atoms with Crippen LogP contribution in [0.4, 0.5) is 0 Å². The Bertz CT molecular complexity index is 896. The van der Waals surface area contributed by atoms with Crippen LogP contribution in [0.5, 0.6) is 0 Å². The smallest absolute Gasteiger partial charge is 0.291 e. The Labute approximate surface area is 133 Å². The third kappa shape index (κ3) is 3.01. The molecule has 0 aliphatic carbocycles. The molecule has 0 saturated carbocycles. The molecule has 3 rings (SSSR count). The van der Waals surface area contributed by atoms with Crippen molar-refractivity contribution in [2.45, 2.75) is 19.5 Å². The van der Waals surface area contributed by atoms with Crippen LogP contribution in [0.2, 0.25) is 0 Å². The molecule has 3 aromatic rings.